The molecule has 1 heterocycles. The number of nitrogens with zero attached hydrogens (tertiary/aromatic N) is 2. The molecule has 7 heteroatoms. The van der Waals surface area contributed by atoms with Gasteiger partial charge < -0.3 is 19.5 Å². The van der Waals surface area contributed by atoms with Crippen molar-refractivity contribution in [3.05, 3.63) is 82.7 Å². The molecule has 4 rings (SSSR count). The summed E-state index contributed by atoms with van der Waals surface area (Å²) in [6.07, 6.45) is 2.98. The molecule has 3 aromatic rings. The van der Waals surface area contributed by atoms with E-state index in [4.69, 9.17) is 9.26 Å². The Morgan fingerprint density at radius 3 is 2.39 bits per heavy atom. The van der Waals surface area contributed by atoms with Crippen LogP contribution in [0, 0.1) is 5.92 Å². The maximum Gasteiger partial charge on any atom is 0.273 e. The summed E-state index contributed by atoms with van der Waals surface area (Å²) < 4.78 is 10.7. The summed E-state index contributed by atoms with van der Waals surface area (Å²) in [5, 5.41) is 6.83. The first-order valence-corrected chi connectivity index (χ1v) is 12.5. The molecular formula is C29H35N3O4. The number of aromatic nitrogens is 1. The Bertz CT molecular complexity index is 1170. The second-order valence-corrected chi connectivity index (χ2v) is 10.5. The van der Waals surface area contributed by atoms with E-state index in [1.165, 1.54) is 5.56 Å². The molecule has 0 saturated heterocycles. The van der Waals surface area contributed by atoms with Crippen LogP contribution in [0.1, 0.15) is 71.3 Å². The Morgan fingerprint density at radius 2 is 1.78 bits per heavy atom. The predicted octanol–water partition coefficient (Wildman–Crippen LogP) is 5.01. The van der Waals surface area contributed by atoms with Gasteiger partial charge in [0.15, 0.2) is 11.5 Å². The van der Waals surface area contributed by atoms with Crippen molar-refractivity contribution in [2.45, 2.75) is 52.0 Å². The van der Waals surface area contributed by atoms with Gasteiger partial charge in [-0.1, -0.05) is 50.2 Å². The number of hydrogen-bond acceptors (Lipinski definition) is 5. The fourth-order valence-electron chi connectivity index (χ4n) is 3.94. The van der Waals surface area contributed by atoms with Gasteiger partial charge in [-0.05, 0) is 66.0 Å². The summed E-state index contributed by atoms with van der Waals surface area (Å²) in [5.41, 5.74) is 3.11. The summed E-state index contributed by atoms with van der Waals surface area (Å²) in [7, 11) is 1.64. The normalized spacial score (nSPS) is 13.3. The third-order valence-electron chi connectivity index (χ3n) is 6.50. The van der Waals surface area contributed by atoms with E-state index in [0.717, 1.165) is 24.2 Å². The second kappa shape index (κ2) is 11.0. The highest BCUT2D eigenvalue weighted by Gasteiger charge is 2.24. The highest BCUT2D eigenvalue weighted by molar-refractivity contribution is 5.94. The average Bonchev–Trinajstić information content (AvgIpc) is 3.60. The molecule has 0 bridgehead atoms. The molecule has 0 aliphatic heterocycles. The summed E-state index contributed by atoms with van der Waals surface area (Å²) in [6.45, 7) is 7.81. The zero-order chi connectivity index (χ0) is 25.7. The smallest absolute Gasteiger partial charge is 0.273 e. The maximum absolute atomic E-state index is 13.5. The molecule has 2 aromatic carbocycles. The molecule has 1 saturated carbocycles. The molecule has 1 aliphatic rings. The van der Waals surface area contributed by atoms with Crippen LogP contribution in [0.5, 0.6) is 5.75 Å². The topological polar surface area (TPSA) is 84.7 Å². The third kappa shape index (κ3) is 6.74. The third-order valence-corrected chi connectivity index (χ3v) is 6.50. The molecular weight excluding hydrogens is 454 g/mol. The zero-order valence-electron chi connectivity index (χ0n) is 21.5. The Balaban J connectivity index is 1.48. The molecule has 1 aliphatic carbocycles. The Morgan fingerprint density at radius 1 is 1.08 bits per heavy atom. The van der Waals surface area contributed by atoms with E-state index in [9.17, 15) is 9.59 Å². The monoisotopic (exact) mass is 489 g/mol. The first-order valence-electron chi connectivity index (χ1n) is 12.5. The standard InChI is InChI=1S/C29H35N3O4/c1-29(2,3)23-11-9-22(10-12-23)28(34)32(16-15-20-7-13-24(35-4)14-8-20)19-25-17-26(31-36-25)27(33)30-18-21-5-6-21/h7-14,17,21H,5-6,15-16,18-19H2,1-4H3,(H,30,33). The lowest BCUT2D eigenvalue weighted by Gasteiger charge is -2.23. The van der Waals surface area contributed by atoms with E-state index in [1.54, 1.807) is 18.1 Å². The van der Waals surface area contributed by atoms with Crippen LogP contribution in [-0.2, 0) is 18.4 Å². The second-order valence-electron chi connectivity index (χ2n) is 10.5. The molecule has 0 unspecified atom stereocenters. The van der Waals surface area contributed by atoms with Gasteiger partial charge in [0.05, 0.1) is 13.7 Å². The lowest BCUT2D eigenvalue weighted by Crippen LogP contribution is -2.32. The van der Waals surface area contributed by atoms with Gasteiger partial charge in [-0.2, -0.15) is 0 Å². The molecule has 190 valence electrons. The number of amides is 2. The molecule has 2 amide bonds. The van der Waals surface area contributed by atoms with Crippen LogP contribution in [-0.4, -0.2) is 42.1 Å². The number of rotatable bonds is 10. The van der Waals surface area contributed by atoms with E-state index in [-0.39, 0.29) is 29.5 Å². The van der Waals surface area contributed by atoms with Crippen LogP contribution in [0.4, 0.5) is 0 Å². The van der Waals surface area contributed by atoms with Crippen molar-refractivity contribution in [1.82, 2.24) is 15.4 Å². The number of nitrogens with one attached hydrogen (secondary N) is 1. The quantitative estimate of drug-likeness (QED) is 0.433. The van der Waals surface area contributed by atoms with Crippen LogP contribution in [0.25, 0.3) is 0 Å². The van der Waals surface area contributed by atoms with Crippen molar-refractivity contribution < 1.29 is 18.8 Å². The van der Waals surface area contributed by atoms with Crippen molar-refractivity contribution >= 4 is 11.8 Å². The van der Waals surface area contributed by atoms with Crippen molar-refractivity contribution in [2.75, 3.05) is 20.2 Å². The van der Waals surface area contributed by atoms with Gasteiger partial charge in [0.1, 0.15) is 5.75 Å². The van der Waals surface area contributed by atoms with Gasteiger partial charge >= 0.3 is 0 Å². The maximum atomic E-state index is 13.5. The molecule has 1 N–H and O–H groups in total. The summed E-state index contributed by atoms with van der Waals surface area (Å²) in [6, 6.07) is 17.2. The highest BCUT2D eigenvalue weighted by atomic mass is 16.5. The lowest BCUT2D eigenvalue weighted by atomic mass is 9.86. The fourth-order valence-corrected chi connectivity index (χ4v) is 3.94. The number of ether oxygens (including phenoxy) is 1. The molecule has 7 nitrogen and oxygen atoms in total. The lowest BCUT2D eigenvalue weighted by molar-refractivity contribution is 0.0729. The van der Waals surface area contributed by atoms with Crippen molar-refractivity contribution in [3.8, 4) is 5.75 Å². The minimum atomic E-state index is -0.245. The minimum absolute atomic E-state index is 0.00590. The minimum Gasteiger partial charge on any atom is -0.497 e. The number of carbonyl (C=O) groups excluding carboxylic acids is 2. The van der Waals surface area contributed by atoms with Crippen LogP contribution >= 0.6 is 0 Å². The Labute approximate surface area is 212 Å². The van der Waals surface area contributed by atoms with Crippen LogP contribution < -0.4 is 10.1 Å². The summed E-state index contributed by atoms with van der Waals surface area (Å²) >= 11 is 0. The first-order chi connectivity index (χ1) is 17.2. The molecule has 0 radical (unpaired) electrons. The first kappa shape index (κ1) is 25.5. The molecule has 1 fully saturated rings. The van der Waals surface area contributed by atoms with E-state index >= 15 is 0 Å². The number of methoxy groups -OCH3 is 1. The average molecular weight is 490 g/mol. The highest BCUT2D eigenvalue weighted by Crippen LogP contribution is 2.27. The van der Waals surface area contributed by atoms with Gasteiger partial charge in [0.2, 0.25) is 0 Å². The molecule has 0 atom stereocenters. The largest absolute Gasteiger partial charge is 0.497 e. The van der Waals surface area contributed by atoms with Crippen molar-refractivity contribution in [2.24, 2.45) is 5.92 Å². The fraction of sp³-hybridized carbons (Fsp3) is 0.414. The van der Waals surface area contributed by atoms with Gasteiger partial charge in [0.25, 0.3) is 11.8 Å². The summed E-state index contributed by atoms with van der Waals surface area (Å²) in [4.78, 5) is 27.6. The van der Waals surface area contributed by atoms with Gasteiger partial charge in [-0.25, -0.2) is 0 Å². The van der Waals surface area contributed by atoms with E-state index in [0.29, 0.717) is 36.8 Å². The molecule has 0 spiro atoms. The number of carbonyl (C=O) groups is 2. The van der Waals surface area contributed by atoms with Crippen LogP contribution in [0.15, 0.2) is 59.1 Å². The zero-order valence-corrected chi connectivity index (χ0v) is 21.5. The molecule has 36 heavy (non-hydrogen) atoms. The Hall–Kier alpha value is -3.61. The SMILES string of the molecule is COc1ccc(CCN(Cc2cc(C(=O)NCC3CC3)no2)C(=O)c2ccc(C(C)(C)C)cc2)cc1. The predicted molar refractivity (Wildman–Crippen MR) is 138 cm³/mol. The van der Waals surface area contributed by atoms with E-state index in [1.807, 2.05) is 48.5 Å². The van der Waals surface area contributed by atoms with Gasteiger partial charge in [0, 0.05) is 24.7 Å². The van der Waals surface area contributed by atoms with Gasteiger partial charge in [-0.3, -0.25) is 9.59 Å². The van der Waals surface area contributed by atoms with Crippen LogP contribution in [0.3, 0.4) is 0 Å². The van der Waals surface area contributed by atoms with Crippen LogP contribution in [0.2, 0.25) is 0 Å². The van der Waals surface area contributed by atoms with E-state index < -0.39 is 0 Å². The molecule has 1 aromatic heterocycles. The Kier molecular flexibility index (Phi) is 7.77. The number of hydrogen-bond donors (Lipinski definition) is 1. The number of benzene rings is 2. The van der Waals surface area contributed by atoms with E-state index in [2.05, 4.69) is 31.2 Å². The van der Waals surface area contributed by atoms with Gasteiger partial charge in [-0.15, -0.1) is 0 Å². The van der Waals surface area contributed by atoms with Crippen molar-refractivity contribution in [3.63, 3.8) is 0 Å². The van der Waals surface area contributed by atoms with Crippen molar-refractivity contribution in [1.29, 1.82) is 0 Å². The summed E-state index contributed by atoms with van der Waals surface area (Å²) in [5.74, 6) is 1.50.